The molecule has 0 fully saturated rings. The van der Waals surface area contributed by atoms with Gasteiger partial charge in [-0.1, -0.05) is 15.9 Å². The largest absolute Gasteiger partial charge is 0.279 e. The third-order valence-corrected chi connectivity index (χ3v) is 1.38. The van der Waals surface area contributed by atoms with Gasteiger partial charge in [0.25, 0.3) is 0 Å². The van der Waals surface area contributed by atoms with Gasteiger partial charge in [-0.05, 0) is 11.6 Å². The summed E-state index contributed by atoms with van der Waals surface area (Å²) in [6, 6.07) is 0. The van der Waals surface area contributed by atoms with Crippen molar-refractivity contribution >= 4 is 44.4 Å². The van der Waals surface area contributed by atoms with Gasteiger partial charge in [0.2, 0.25) is 5.24 Å². The lowest BCUT2D eigenvalue weighted by atomic mass is 10.9. The zero-order valence-electron chi connectivity index (χ0n) is 2.62. The van der Waals surface area contributed by atoms with Gasteiger partial charge in [0.05, 0.1) is 0 Å². The zero-order valence-corrected chi connectivity index (χ0v) is 5.72. The normalized spacial score (nSPS) is 13.8. The minimum atomic E-state index is -0.737. The Balaban J connectivity index is 3.26. The Bertz CT molecular complexity index is 62.6. The first-order chi connectivity index (χ1) is 2.64. The highest BCUT2D eigenvalue weighted by Crippen LogP contribution is 2.07. The molecule has 0 aromatic rings. The summed E-state index contributed by atoms with van der Waals surface area (Å²) >= 11 is 12.6. The minimum absolute atomic E-state index is 0.586. The van der Waals surface area contributed by atoms with Crippen molar-refractivity contribution < 1.29 is 4.79 Å². The second-order valence-corrected chi connectivity index (χ2v) is 2.86. The molecule has 36 valence electrons. The van der Waals surface area contributed by atoms with Crippen molar-refractivity contribution in [3.8, 4) is 0 Å². The zero-order chi connectivity index (χ0) is 5.15. The summed E-state index contributed by atoms with van der Waals surface area (Å²) in [4.78, 5) is 9.73. The molecular weight excluding hydrogens is 191 g/mol. The van der Waals surface area contributed by atoms with Crippen LogP contribution in [0.3, 0.4) is 0 Å². The molecule has 0 amide bonds. The van der Waals surface area contributed by atoms with Crippen molar-refractivity contribution in [2.24, 2.45) is 0 Å². The Morgan fingerprint density at radius 3 is 2.00 bits per heavy atom. The lowest BCUT2D eigenvalue weighted by Crippen LogP contribution is -1.94. The van der Waals surface area contributed by atoms with E-state index < -0.39 is 9.53 Å². The van der Waals surface area contributed by atoms with Crippen LogP contribution in [0.15, 0.2) is 0 Å². The Labute approximate surface area is 53.7 Å². The van der Waals surface area contributed by atoms with Crippen LogP contribution in [0.25, 0.3) is 0 Å². The highest BCUT2D eigenvalue weighted by molar-refractivity contribution is 9.10. The van der Waals surface area contributed by atoms with E-state index in [0.29, 0.717) is 0 Å². The SMILES string of the molecule is O=C(Cl)C(Cl)Br. The summed E-state index contributed by atoms with van der Waals surface area (Å²) in [7, 11) is 0. The molecule has 0 aromatic heterocycles. The Morgan fingerprint density at radius 1 is 1.83 bits per heavy atom. The molecule has 0 saturated carbocycles. The van der Waals surface area contributed by atoms with E-state index in [1.54, 1.807) is 0 Å². The molecule has 6 heavy (non-hydrogen) atoms. The molecule has 0 rings (SSSR count). The molecule has 0 bridgehead atoms. The quantitative estimate of drug-likeness (QED) is 0.456. The van der Waals surface area contributed by atoms with Crippen molar-refractivity contribution in [1.29, 1.82) is 0 Å². The van der Waals surface area contributed by atoms with E-state index in [4.69, 9.17) is 23.2 Å². The topological polar surface area (TPSA) is 17.1 Å². The number of carbonyl (C=O) groups is 1. The number of alkyl halides is 2. The molecule has 0 aliphatic carbocycles. The Kier molecular flexibility index (Phi) is 3.17. The maximum absolute atomic E-state index is 9.73. The summed E-state index contributed by atoms with van der Waals surface area (Å²) in [5.41, 5.74) is 0. The average Bonchev–Trinajstić information content (AvgIpc) is 1.36. The smallest absolute Gasteiger partial charge is 0.250 e. The first-order valence-electron chi connectivity index (χ1n) is 1.12. The van der Waals surface area contributed by atoms with Gasteiger partial charge >= 0.3 is 0 Å². The first-order valence-corrected chi connectivity index (χ1v) is 2.85. The minimum Gasteiger partial charge on any atom is -0.279 e. The van der Waals surface area contributed by atoms with Crippen LogP contribution in [-0.2, 0) is 4.79 Å². The number of rotatable bonds is 1. The molecule has 1 nitrogen and oxygen atoms in total. The number of halogens is 3. The lowest BCUT2D eigenvalue weighted by Gasteiger charge is -1.82. The maximum Gasteiger partial charge on any atom is 0.250 e. The van der Waals surface area contributed by atoms with E-state index >= 15 is 0 Å². The fourth-order valence-corrected chi connectivity index (χ4v) is 0. The van der Waals surface area contributed by atoms with Gasteiger partial charge in [0.15, 0.2) is 4.29 Å². The van der Waals surface area contributed by atoms with E-state index in [-0.39, 0.29) is 0 Å². The van der Waals surface area contributed by atoms with Crippen LogP contribution in [0.2, 0.25) is 0 Å². The van der Waals surface area contributed by atoms with Crippen LogP contribution >= 0.6 is 39.1 Å². The molecule has 0 aliphatic rings. The summed E-state index contributed by atoms with van der Waals surface area (Å²) in [6.07, 6.45) is 0. The van der Waals surface area contributed by atoms with Crippen molar-refractivity contribution in [2.45, 2.75) is 4.29 Å². The Morgan fingerprint density at radius 2 is 2.00 bits per heavy atom. The predicted octanol–water partition coefficient (Wildman–Crippen LogP) is 1.71. The van der Waals surface area contributed by atoms with Gasteiger partial charge in [-0.2, -0.15) is 0 Å². The van der Waals surface area contributed by atoms with Crippen LogP contribution < -0.4 is 0 Å². The Hall–Kier alpha value is 0.730. The van der Waals surface area contributed by atoms with Gasteiger partial charge in [-0.3, -0.25) is 4.79 Å². The van der Waals surface area contributed by atoms with Crippen LogP contribution in [-0.4, -0.2) is 9.53 Å². The van der Waals surface area contributed by atoms with Crippen LogP contribution in [0.1, 0.15) is 0 Å². The predicted molar refractivity (Wildman–Crippen MR) is 29.4 cm³/mol. The van der Waals surface area contributed by atoms with E-state index in [1.165, 1.54) is 0 Å². The van der Waals surface area contributed by atoms with Crippen LogP contribution in [0, 0.1) is 0 Å². The van der Waals surface area contributed by atoms with Gasteiger partial charge in [0.1, 0.15) is 0 Å². The second-order valence-electron chi connectivity index (χ2n) is 0.605. The van der Waals surface area contributed by atoms with Crippen molar-refractivity contribution in [1.82, 2.24) is 0 Å². The van der Waals surface area contributed by atoms with Gasteiger partial charge < -0.3 is 0 Å². The molecule has 0 saturated heterocycles. The molecular formula is C2HBrCl2O. The highest BCUT2D eigenvalue weighted by Gasteiger charge is 2.03. The second kappa shape index (κ2) is 2.83. The molecule has 0 spiro atoms. The number of hydrogen-bond donors (Lipinski definition) is 0. The summed E-state index contributed by atoms with van der Waals surface area (Å²) in [5.74, 6) is 0. The van der Waals surface area contributed by atoms with E-state index in [9.17, 15) is 4.79 Å². The number of carbonyl (C=O) groups excluding carboxylic acids is 1. The lowest BCUT2D eigenvalue weighted by molar-refractivity contribution is -0.110. The molecule has 1 unspecified atom stereocenters. The highest BCUT2D eigenvalue weighted by atomic mass is 79.9. The van der Waals surface area contributed by atoms with Crippen molar-refractivity contribution in [3.63, 3.8) is 0 Å². The summed E-state index contributed by atoms with van der Waals surface area (Å²) in [5, 5.41) is -0.586. The average molecular weight is 192 g/mol. The summed E-state index contributed by atoms with van der Waals surface area (Å²) < 4.78 is -0.737. The molecule has 0 radical (unpaired) electrons. The number of hydrogen-bond acceptors (Lipinski definition) is 1. The molecule has 0 aromatic carbocycles. The first kappa shape index (κ1) is 6.73. The third kappa shape index (κ3) is 2.94. The fraction of sp³-hybridized carbons (Fsp3) is 0.500. The molecule has 0 aliphatic heterocycles. The van der Waals surface area contributed by atoms with E-state index in [1.807, 2.05) is 0 Å². The van der Waals surface area contributed by atoms with E-state index in [0.717, 1.165) is 0 Å². The van der Waals surface area contributed by atoms with Gasteiger partial charge in [0, 0.05) is 0 Å². The molecule has 0 N–H and O–H groups in total. The van der Waals surface area contributed by atoms with Crippen molar-refractivity contribution in [3.05, 3.63) is 0 Å². The maximum atomic E-state index is 9.73. The fourth-order valence-electron chi connectivity index (χ4n) is 0. The molecule has 4 heteroatoms. The van der Waals surface area contributed by atoms with Crippen LogP contribution in [0.5, 0.6) is 0 Å². The van der Waals surface area contributed by atoms with Gasteiger partial charge in [-0.25, -0.2) is 0 Å². The van der Waals surface area contributed by atoms with Gasteiger partial charge in [-0.15, -0.1) is 11.6 Å². The monoisotopic (exact) mass is 190 g/mol. The molecule has 1 atom stereocenters. The third-order valence-electron chi connectivity index (χ3n) is 0.172. The van der Waals surface area contributed by atoms with E-state index in [2.05, 4.69) is 15.9 Å². The summed E-state index contributed by atoms with van der Waals surface area (Å²) in [6.45, 7) is 0. The standard InChI is InChI=1S/C2HBrCl2O/c3-1(4)2(5)6/h1H. The van der Waals surface area contributed by atoms with Crippen LogP contribution in [0.4, 0.5) is 0 Å². The van der Waals surface area contributed by atoms with Crippen molar-refractivity contribution in [2.75, 3.05) is 0 Å². The molecule has 0 heterocycles.